The Bertz CT molecular complexity index is 690. The van der Waals surface area contributed by atoms with Crippen LogP contribution in [0.1, 0.15) is 38.2 Å². The van der Waals surface area contributed by atoms with Gasteiger partial charge in [-0.3, -0.25) is 14.8 Å². The lowest BCUT2D eigenvalue weighted by atomic mass is 9.96. The number of alkyl halides is 2. The minimum atomic E-state index is -2.26. The fourth-order valence-electron chi connectivity index (χ4n) is 4.38. The first-order valence-electron chi connectivity index (χ1n) is 11.5. The predicted octanol–water partition coefficient (Wildman–Crippen LogP) is 3.94. The highest BCUT2D eigenvalue weighted by atomic mass is 127. The smallest absolute Gasteiger partial charge is 0.251 e. The topological polar surface area (TPSA) is 42.9 Å². The van der Waals surface area contributed by atoms with Crippen molar-refractivity contribution in [2.75, 3.05) is 45.8 Å². The number of nitrogens with one attached hydrogen (secondary N) is 2. The van der Waals surface area contributed by atoms with Crippen LogP contribution in [-0.4, -0.2) is 74.0 Å². The summed E-state index contributed by atoms with van der Waals surface area (Å²) in [5.74, 6) is 1.22. The number of likely N-dealkylation sites (tertiary alicyclic amines) is 2. The van der Waals surface area contributed by atoms with Crippen molar-refractivity contribution in [3.05, 3.63) is 35.6 Å². The van der Waals surface area contributed by atoms with E-state index in [0.29, 0.717) is 25.6 Å². The van der Waals surface area contributed by atoms with Crippen LogP contribution in [0.15, 0.2) is 29.3 Å². The highest BCUT2D eigenvalue weighted by Gasteiger charge is 2.23. The van der Waals surface area contributed by atoms with E-state index in [1.54, 1.807) is 6.07 Å². The Morgan fingerprint density at radius 3 is 2.34 bits per heavy atom. The summed E-state index contributed by atoms with van der Waals surface area (Å²) in [6.45, 7) is 7.45. The van der Waals surface area contributed by atoms with Crippen LogP contribution in [-0.2, 0) is 6.54 Å². The third-order valence-electron chi connectivity index (χ3n) is 6.24. The number of hydrogen-bond acceptors (Lipinski definition) is 3. The molecule has 32 heavy (non-hydrogen) atoms. The summed E-state index contributed by atoms with van der Waals surface area (Å²) >= 11 is 0. The quantitative estimate of drug-likeness (QED) is 0.284. The summed E-state index contributed by atoms with van der Waals surface area (Å²) < 4.78 is 39.0. The molecule has 5 nitrogen and oxygen atoms in total. The molecular formula is C23H37F3IN5. The standard InChI is InChI=1S/C23H36F3N5.HI/c1-2-27-23(29-20-9-13-31(14-10-20)17-22(25)26)28-15-18-7-11-30(12-8-18)16-19-5-3-4-6-21(19)24;/h3-6,18,20,22H,2,7-17H2,1H3,(H2,27,28,29);1H. The number of piperidine rings is 2. The van der Waals surface area contributed by atoms with Crippen LogP contribution >= 0.6 is 24.0 Å². The molecule has 2 aliphatic rings. The van der Waals surface area contributed by atoms with Gasteiger partial charge < -0.3 is 10.6 Å². The summed E-state index contributed by atoms with van der Waals surface area (Å²) in [6.07, 6.45) is 1.56. The van der Waals surface area contributed by atoms with Gasteiger partial charge in [-0.05, 0) is 57.7 Å². The van der Waals surface area contributed by atoms with Crippen molar-refractivity contribution in [3.8, 4) is 0 Å². The highest BCUT2D eigenvalue weighted by Crippen LogP contribution is 2.20. The zero-order chi connectivity index (χ0) is 22.1. The van der Waals surface area contributed by atoms with Crippen LogP contribution in [0.25, 0.3) is 0 Å². The zero-order valence-electron chi connectivity index (χ0n) is 18.9. The maximum Gasteiger partial charge on any atom is 0.251 e. The molecule has 1 aromatic rings. The third-order valence-corrected chi connectivity index (χ3v) is 6.24. The van der Waals surface area contributed by atoms with Gasteiger partial charge in [0.1, 0.15) is 5.82 Å². The van der Waals surface area contributed by atoms with Crippen molar-refractivity contribution in [2.24, 2.45) is 10.9 Å². The van der Waals surface area contributed by atoms with Crippen molar-refractivity contribution in [1.29, 1.82) is 0 Å². The van der Waals surface area contributed by atoms with Gasteiger partial charge in [0.25, 0.3) is 6.43 Å². The molecule has 182 valence electrons. The second-order valence-electron chi connectivity index (χ2n) is 8.64. The Kier molecular flexibility index (Phi) is 12.1. The lowest BCUT2D eigenvalue weighted by Gasteiger charge is -2.33. The van der Waals surface area contributed by atoms with Gasteiger partial charge in [-0.15, -0.1) is 24.0 Å². The monoisotopic (exact) mass is 567 g/mol. The van der Waals surface area contributed by atoms with Crippen molar-refractivity contribution in [1.82, 2.24) is 20.4 Å². The third kappa shape index (κ3) is 9.05. The molecule has 3 rings (SSSR count). The van der Waals surface area contributed by atoms with Crippen molar-refractivity contribution < 1.29 is 13.2 Å². The molecule has 2 fully saturated rings. The molecule has 0 aliphatic carbocycles. The molecule has 0 aromatic heterocycles. The van der Waals surface area contributed by atoms with Gasteiger partial charge in [0, 0.05) is 44.3 Å². The second kappa shape index (κ2) is 14.2. The molecule has 0 radical (unpaired) electrons. The van der Waals surface area contributed by atoms with Gasteiger partial charge in [-0.2, -0.15) is 0 Å². The Morgan fingerprint density at radius 2 is 1.72 bits per heavy atom. The molecule has 2 heterocycles. The van der Waals surface area contributed by atoms with Crippen molar-refractivity contribution >= 4 is 29.9 Å². The minimum absolute atomic E-state index is 0. The van der Waals surface area contributed by atoms with E-state index in [-0.39, 0.29) is 42.4 Å². The van der Waals surface area contributed by atoms with Gasteiger partial charge in [-0.1, -0.05) is 18.2 Å². The number of nitrogens with zero attached hydrogens (tertiary/aromatic N) is 3. The summed E-state index contributed by atoms with van der Waals surface area (Å²) in [6, 6.07) is 7.27. The summed E-state index contributed by atoms with van der Waals surface area (Å²) in [4.78, 5) is 8.95. The summed E-state index contributed by atoms with van der Waals surface area (Å²) in [7, 11) is 0. The summed E-state index contributed by atoms with van der Waals surface area (Å²) in [5.41, 5.74) is 0.761. The lowest BCUT2D eigenvalue weighted by Crippen LogP contribution is -2.49. The van der Waals surface area contributed by atoms with Crippen LogP contribution in [0.3, 0.4) is 0 Å². The normalized spacial score (nSPS) is 19.7. The lowest BCUT2D eigenvalue weighted by molar-refractivity contribution is 0.0744. The fraction of sp³-hybridized carbons (Fsp3) is 0.696. The van der Waals surface area contributed by atoms with E-state index in [4.69, 9.17) is 4.99 Å². The van der Waals surface area contributed by atoms with E-state index >= 15 is 0 Å². The predicted molar refractivity (Wildman–Crippen MR) is 134 cm³/mol. The minimum Gasteiger partial charge on any atom is -0.357 e. The first-order valence-corrected chi connectivity index (χ1v) is 11.5. The maximum absolute atomic E-state index is 13.9. The van der Waals surface area contributed by atoms with Gasteiger partial charge in [0.2, 0.25) is 0 Å². The average Bonchev–Trinajstić information content (AvgIpc) is 2.76. The number of benzene rings is 1. The van der Waals surface area contributed by atoms with Crippen LogP contribution < -0.4 is 10.6 Å². The molecule has 0 bridgehead atoms. The molecule has 0 saturated carbocycles. The number of guanidine groups is 1. The SMILES string of the molecule is CCNC(=NCC1CCN(Cc2ccccc2F)CC1)NC1CCN(CC(F)F)CC1.I. The zero-order valence-corrected chi connectivity index (χ0v) is 21.2. The largest absolute Gasteiger partial charge is 0.357 e. The van der Waals surface area contributed by atoms with Gasteiger partial charge >= 0.3 is 0 Å². The number of hydrogen-bond donors (Lipinski definition) is 2. The Balaban J connectivity index is 0.00000363. The first kappa shape index (κ1) is 27.2. The van der Waals surface area contributed by atoms with E-state index in [0.717, 1.165) is 63.4 Å². The van der Waals surface area contributed by atoms with Crippen LogP contribution in [0.5, 0.6) is 0 Å². The molecule has 2 N–H and O–H groups in total. The van der Waals surface area contributed by atoms with Gasteiger partial charge in [0.15, 0.2) is 5.96 Å². The van der Waals surface area contributed by atoms with E-state index in [1.165, 1.54) is 6.07 Å². The molecule has 0 spiro atoms. The van der Waals surface area contributed by atoms with Gasteiger partial charge in [-0.25, -0.2) is 13.2 Å². The molecular weight excluding hydrogens is 530 g/mol. The van der Waals surface area contributed by atoms with Crippen LogP contribution in [0, 0.1) is 11.7 Å². The van der Waals surface area contributed by atoms with Crippen molar-refractivity contribution in [2.45, 2.75) is 51.6 Å². The molecule has 0 atom stereocenters. The number of aliphatic imine (C=N–C) groups is 1. The molecule has 9 heteroatoms. The molecule has 2 aliphatic heterocycles. The Labute approximate surface area is 207 Å². The fourth-order valence-corrected chi connectivity index (χ4v) is 4.38. The van der Waals surface area contributed by atoms with Crippen molar-refractivity contribution in [3.63, 3.8) is 0 Å². The summed E-state index contributed by atoms with van der Waals surface area (Å²) in [5, 5.41) is 6.80. The van der Waals surface area contributed by atoms with E-state index < -0.39 is 6.43 Å². The van der Waals surface area contributed by atoms with Crippen LogP contribution in [0.4, 0.5) is 13.2 Å². The molecule has 0 unspecified atom stereocenters. The first-order chi connectivity index (χ1) is 15.0. The average molecular weight is 567 g/mol. The van der Waals surface area contributed by atoms with Gasteiger partial charge in [0.05, 0.1) is 6.54 Å². The highest BCUT2D eigenvalue weighted by molar-refractivity contribution is 14.0. The molecule has 2 saturated heterocycles. The maximum atomic E-state index is 13.9. The van der Waals surface area contributed by atoms with Crippen LogP contribution in [0.2, 0.25) is 0 Å². The Hall–Kier alpha value is -1.07. The number of rotatable bonds is 8. The van der Waals surface area contributed by atoms with E-state index in [1.807, 2.05) is 24.0 Å². The van der Waals surface area contributed by atoms with E-state index in [9.17, 15) is 13.2 Å². The second-order valence-corrected chi connectivity index (χ2v) is 8.64. The molecule has 0 amide bonds. The van der Waals surface area contributed by atoms with E-state index in [2.05, 4.69) is 15.5 Å². The number of halogens is 4. The molecule has 1 aromatic carbocycles. The Morgan fingerprint density at radius 1 is 1.06 bits per heavy atom.